The largest absolute Gasteiger partial charge is 0.401 e. The van der Waals surface area contributed by atoms with Crippen molar-refractivity contribution in [2.45, 2.75) is 0 Å². The summed E-state index contributed by atoms with van der Waals surface area (Å²) in [5, 5.41) is 1.12. The lowest BCUT2D eigenvalue weighted by Gasteiger charge is -2.34. The molecular formula is C23H21N5O2S. The predicted octanol–water partition coefficient (Wildman–Crippen LogP) is 3.31. The molecule has 7 nitrogen and oxygen atoms in total. The molecule has 0 bridgehead atoms. The Morgan fingerprint density at radius 2 is 1.81 bits per heavy atom. The minimum atomic E-state index is -0.417. The van der Waals surface area contributed by atoms with Crippen LogP contribution in [0.2, 0.25) is 0 Å². The van der Waals surface area contributed by atoms with E-state index < -0.39 is 5.97 Å². The number of fused-ring (bicyclic) bond motifs is 1. The van der Waals surface area contributed by atoms with Gasteiger partial charge in [0.25, 0.3) is 0 Å². The van der Waals surface area contributed by atoms with Crippen molar-refractivity contribution >= 4 is 44.9 Å². The zero-order valence-electron chi connectivity index (χ0n) is 16.8. The molecule has 0 atom stereocenters. The number of thiophene rings is 1. The van der Waals surface area contributed by atoms with Gasteiger partial charge < -0.3 is 20.3 Å². The van der Waals surface area contributed by atoms with Gasteiger partial charge in [-0.1, -0.05) is 36.4 Å². The van der Waals surface area contributed by atoms with Crippen LogP contribution < -0.4 is 5.73 Å². The molecule has 0 aliphatic carbocycles. The quantitative estimate of drug-likeness (QED) is 0.298. The zero-order chi connectivity index (χ0) is 21.2. The van der Waals surface area contributed by atoms with Gasteiger partial charge in [0.05, 0.1) is 10.6 Å². The molecule has 0 saturated carbocycles. The van der Waals surface area contributed by atoms with Gasteiger partial charge in [0.2, 0.25) is 5.90 Å². The summed E-state index contributed by atoms with van der Waals surface area (Å²) in [5.41, 5.74) is 7.33. The topological polar surface area (TPSA) is 83.5 Å². The number of benzene rings is 2. The number of ether oxygens (including phenoxy) is 1. The van der Waals surface area contributed by atoms with Crippen molar-refractivity contribution in [1.82, 2.24) is 9.80 Å². The Balaban J connectivity index is 1.26. The molecule has 1 saturated heterocycles. The first-order chi connectivity index (χ1) is 15.2. The summed E-state index contributed by atoms with van der Waals surface area (Å²) in [7, 11) is 0. The number of hydrogen-bond donors (Lipinski definition) is 1. The summed E-state index contributed by atoms with van der Waals surface area (Å²) in [5.74, 6) is 0.458. The minimum absolute atomic E-state index is 0.326. The van der Waals surface area contributed by atoms with Crippen LogP contribution in [0.25, 0.3) is 10.1 Å². The number of nitrogens with zero attached hydrogens (tertiary/aromatic N) is 4. The third-order valence-electron chi connectivity index (χ3n) is 5.20. The molecule has 156 valence electrons. The van der Waals surface area contributed by atoms with Gasteiger partial charge in [-0.15, -0.1) is 11.3 Å². The first-order valence-electron chi connectivity index (χ1n) is 10.1. The second-order valence-electron chi connectivity index (χ2n) is 7.30. The smallest absolute Gasteiger partial charge is 0.365 e. The van der Waals surface area contributed by atoms with E-state index in [4.69, 9.17) is 10.5 Å². The molecule has 1 aromatic heterocycles. The fourth-order valence-corrected chi connectivity index (χ4v) is 4.54. The number of aliphatic imine (C=N–C) groups is 2. The van der Waals surface area contributed by atoms with E-state index in [0.29, 0.717) is 30.6 Å². The highest BCUT2D eigenvalue weighted by Gasteiger charge is 2.27. The molecule has 0 amide bonds. The van der Waals surface area contributed by atoms with Gasteiger partial charge in [-0.2, -0.15) is 0 Å². The number of hydrogen-bond acceptors (Lipinski definition) is 6. The van der Waals surface area contributed by atoms with Crippen LogP contribution in [-0.4, -0.2) is 53.8 Å². The number of cyclic esters (lactones) is 1. The van der Waals surface area contributed by atoms with Crippen molar-refractivity contribution in [2.24, 2.45) is 15.7 Å². The maximum atomic E-state index is 12.3. The van der Waals surface area contributed by atoms with Crippen molar-refractivity contribution in [2.75, 3.05) is 26.2 Å². The first kappa shape index (κ1) is 19.3. The van der Waals surface area contributed by atoms with Crippen LogP contribution in [0, 0.1) is 0 Å². The number of esters is 1. The van der Waals surface area contributed by atoms with Crippen LogP contribution in [0.15, 0.2) is 82.5 Å². The molecule has 3 aromatic rings. The molecule has 0 spiro atoms. The molecule has 5 rings (SSSR count). The van der Waals surface area contributed by atoms with E-state index in [1.165, 1.54) is 0 Å². The summed E-state index contributed by atoms with van der Waals surface area (Å²) in [6.07, 6.45) is 1.78. The van der Waals surface area contributed by atoms with Gasteiger partial charge in [-0.3, -0.25) is 0 Å². The number of carbonyl (C=O) groups excluding carboxylic acids is 1. The third kappa shape index (κ3) is 4.15. The van der Waals surface area contributed by atoms with Crippen LogP contribution in [0.3, 0.4) is 0 Å². The summed E-state index contributed by atoms with van der Waals surface area (Å²) in [4.78, 5) is 26.2. The molecule has 2 N–H and O–H groups in total. The van der Waals surface area contributed by atoms with Gasteiger partial charge in [-0.05, 0) is 29.7 Å². The van der Waals surface area contributed by atoms with Crippen molar-refractivity contribution in [3.8, 4) is 0 Å². The van der Waals surface area contributed by atoms with Crippen molar-refractivity contribution < 1.29 is 9.53 Å². The second-order valence-corrected chi connectivity index (χ2v) is 8.38. The lowest BCUT2D eigenvalue weighted by atomic mass is 10.2. The SMILES string of the molecule is NC(=Nc1ccccc1)N1CCN(/C=C2/N=C(c3cc4ccccc4s3)OC2=O)CC1. The Kier molecular flexibility index (Phi) is 5.13. The number of piperazine rings is 1. The Labute approximate surface area is 183 Å². The van der Waals surface area contributed by atoms with Crippen LogP contribution in [0.4, 0.5) is 5.69 Å². The maximum absolute atomic E-state index is 12.3. The third-order valence-corrected chi connectivity index (χ3v) is 6.30. The minimum Gasteiger partial charge on any atom is -0.401 e. The second kappa shape index (κ2) is 8.23. The highest BCUT2D eigenvalue weighted by molar-refractivity contribution is 7.20. The Bertz CT molecular complexity index is 1170. The molecule has 2 aromatic carbocycles. The molecule has 3 heterocycles. The molecule has 31 heavy (non-hydrogen) atoms. The number of nitrogens with two attached hydrogens (primary N) is 1. The monoisotopic (exact) mass is 431 g/mol. The van der Waals surface area contributed by atoms with Crippen molar-refractivity contribution in [3.05, 3.63) is 77.4 Å². The van der Waals surface area contributed by atoms with Gasteiger partial charge >= 0.3 is 5.97 Å². The van der Waals surface area contributed by atoms with E-state index in [9.17, 15) is 4.79 Å². The Morgan fingerprint density at radius 1 is 1.06 bits per heavy atom. The first-order valence-corrected chi connectivity index (χ1v) is 10.9. The molecule has 8 heteroatoms. The average molecular weight is 432 g/mol. The van der Waals surface area contributed by atoms with Crippen molar-refractivity contribution in [3.63, 3.8) is 0 Å². The zero-order valence-corrected chi connectivity index (χ0v) is 17.6. The number of guanidine groups is 1. The summed E-state index contributed by atoms with van der Waals surface area (Å²) < 4.78 is 6.57. The highest BCUT2D eigenvalue weighted by atomic mass is 32.1. The lowest BCUT2D eigenvalue weighted by Crippen LogP contribution is -2.49. The number of rotatable bonds is 3. The summed E-state index contributed by atoms with van der Waals surface area (Å²) >= 11 is 1.57. The summed E-state index contributed by atoms with van der Waals surface area (Å²) in [6, 6.07) is 19.7. The molecule has 0 unspecified atom stereocenters. The number of para-hydroxylation sites is 1. The molecular weight excluding hydrogens is 410 g/mol. The Morgan fingerprint density at radius 3 is 2.58 bits per heavy atom. The van der Waals surface area contributed by atoms with Gasteiger partial charge in [-0.25, -0.2) is 14.8 Å². The van der Waals surface area contributed by atoms with Crippen LogP contribution in [0.1, 0.15) is 4.88 Å². The summed E-state index contributed by atoms with van der Waals surface area (Å²) in [6.45, 7) is 2.87. The average Bonchev–Trinajstić information content (AvgIpc) is 3.38. The standard InChI is InChI=1S/C23H21N5O2S/c24-23(25-17-7-2-1-3-8-17)28-12-10-27(11-13-28)15-18-22(29)30-21(26-18)20-14-16-6-4-5-9-19(16)31-20/h1-9,14-15H,10-13H2,(H2,24,25)/b18-15+. The predicted molar refractivity (Wildman–Crippen MR) is 123 cm³/mol. The fraction of sp³-hybridized carbons (Fsp3) is 0.174. The van der Waals surface area contributed by atoms with Gasteiger partial charge in [0.1, 0.15) is 0 Å². The van der Waals surface area contributed by atoms with E-state index >= 15 is 0 Å². The van der Waals surface area contributed by atoms with Crippen LogP contribution in [-0.2, 0) is 9.53 Å². The lowest BCUT2D eigenvalue weighted by molar-refractivity contribution is -0.130. The molecule has 0 radical (unpaired) electrons. The molecule has 1 fully saturated rings. The van der Waals surface area contributed by atoms with Crippen molar-refractivity contribution in [1.29, 1.82) is 0 Å². The van der Waals surface area contributed by atoms with Gasteiger partial charge in [0, 0.05) is 37.1 Å². The van der Waals surface area contributed by atoms with E-state index in [1.54, 1.807) is 17.5 Å². The van der Waals surface area contributed by atoms with Crippen LogP contribution in [0.5, 0.6) is 0 Å². The fourth-order valence-electron chi connectivity index (χ4n) is 3.55. The van der Waals surface area contributed by atoms with Crippen LogP contribution >= 0.6 is 11.3 Å². The van der Waals surface area contributed by atoms with E-state index in [1.807, 2.05) is 65.6 Å². The maximum Gasteiger partial charge on any atom is 0.365 e. The van der Waals surface area contributed by atoms with Gasteiger partial charge in [0.15, 0.2) is 11.7 Å². The van der Waals surface area contributed by atoms with E-state index in [2.05, 4.69) is 14.9 Å². The molecule has 2 aliphatic rings. The normalized spacial score (nSPS) is 18.6. The Hall–Kier alpha value is -3.65. The van der Waals surface area contributed by atoms with E-state index in [-0.39, 0.29) is 0 Å². The molecule has 2 aliphatic heterocycles. The highest BCUT2D eigenvalue weighted by Crippen LogP contribution is 2.28. The number of carbonyl (C=O) groups is 1. The van der Waals surface area contributed by atoms with E-state index in [0.717, 1.165) is 33.7 Å².